The van der Waals surface area contributed by atoms with Gasteiger partial charge in [-0.25, -0.2) is 8.42 Å². The van der Waals surface area contributed by atoms with E-state index in [1.165, 1.54) is 16.1 Å². The summed E-state index contributed by atoms with van der Waals surface area (Å²) < 4.78 is 26.1. The molecular formula is C24H28N2O3S. The topological polar surface area (TPSA) is 66.5 Å². The first kappa shape index (κ1) is 21.8. The maximum absolute atomic E-state index is 12.3. The molecule has 0 fully saturated rings. The lowest BCUT2D eigenvalue weighted by Gasteiger charge is -2.23. The van der Waals surface area contributed by atoms with Gasteiger partial charge in [0.25, 0.3) is 0 Å². The van der Waals surface area contributed by atoms with Gasteiger partial charge < -0.3 is 5.32 Å². The summed E-state index contributed by atoms with van der Waals surface area (Å²) in [5.74, 6) is 0.157. The first-order valence-electron chi connectivity index (χ1n) is 10.1. The van der Waals surface area contributed by atoms with Crippen LogP contribution in [-0.2, 0) is 14.8 Å². The molecule has 1 amide bonds. The second kappa shape index (κ2) is 9.76. The minimum Gasteiger partial charge on any atom is -0.356 e. The highest BCUT2D eigenvalue weighted by Crippen LogP contribution is 2.24. The molecule has 0 spiro atoms. The van der Waals surface area contributed by atoms with Crippen LogP contribution >= 0.6 is 0 Å². The maximum Gasteiger partial charge on any atom is 0.232 e. The quantitative estimate of drug-likeness (QED) is 0.557. The molecule has 0 bridgehead atoms. The summed E-state index contributed by atoms with van der Waals surface area (Å²) in [5, 5.41) is 4.99. The van der Waals surface area contributed by atoms with Crippen molar-refractivity contribution in [1.29, 1.82) is 0 Å². The molecule has 5 nitrogen and oxygen atoms in total. The van der Waals surface area contributed by atoms with Crippen molar-refractivity contribution in [2.24, 2.45) is 0 Å². The summed E-state index contributed by atoms with van der Waals surface area (Å²) in [6.07, 6.45) is 1.93. The van der Waals surface area contributed by atoms with Gasteiger partial charge >= 0.3 is 0 Å². The fourth-order valence-electron chi connectivity index (χ4n) is 3.46. The lowest BCUT2D eigenvalue weighted by atomic mass is 10.0. The van der Waals surface area contributed by atoms with E-state index < -0.39 is 10.0 Å². The Hall–Kier alpha value is -2.86. The van der Waals surface area contributed by atoms with Gasteiger partial charge in [0, 0.05) is 19.5 Å². The molecule has 30 heavy (non-hydrogen) atoms. The van der Waals surface area contributed by atoms with Gasteiger partial charge in [0.05, 0.1) is 11.9 Å². The zero-order valence-corrected chi connectivity index (χ0v) is 18.2. The summed E-state index contributed by atoms with van der Waals surface area (Å²) in [4.78, 5) is 12.2. The molecule has 0 aliphatic rings. The highest BCUT2D eigenvalue weighted by molar-refractivity contribution is 7.92. The van der Waals surface area contributed by atoms with E-state index in [0.717, 1.165) is 10.8 Å². The molecule has 3 rings (SSSR count). The van der Waals surface area contributed by atoms with Crippen molar-refractivity contribution in [2.75, 3.05) is 23.7 Å². The van der Waals surface area contributed by atoms with Crippen molar-refractivity contribution in [2.45, 2.75) is 25.7 Å². The number of rotatable bonds is 9. The summed E-state index contributed by atoms with van der Waals surface area (Å²) >= 11 is 0. The van der Waals surface area contributed by atoms with Crippen LogP contribution < -0.4 is 9.62 Å². The van der Waals surface area contributed by atoms with Crippen molar-refractivity contribution in [1.82, 2.24) is 5.32 Å². The van der Waals surface area contributed by atoms with Gasteiger partial charge in [-0.1, -0.05) is 67.6 Å². The molecule has 158 valence electrons. The number of hydrogen-bond donors (Lipinski definition) is 1. The number of carbonyl (C=O) groups is 1. The van der Waals surface area contributed by atoms with Crippen LogP contribution in [0.1, 0.15) is 31.2 Å². The molecule has 3 aromatic carbocycles. The molecule has 0 saturated carbocycles. The van der Waals surface area contributed by atoms with Crippen LogP contribution in [0.15, 0.2) is 72.8 Å². The van der Waals surface area contributed by atoms with Gasteiger partial charge in [-0.3, -0.25) is 9.10 Å². The van der Waals surface area contributed by atoms with E-state index >= 15 is 0 Å². The number of carbonyl (C=O) groups excluding carboxylic acids is 1. The van der Waals surface area contributed by atoms with Crippen LogP contribution in [0.25, 0.3) is 10.8 Å². The lowest BCUT2D eigenvalue weighted by Crippen LogP contribution is -2.32. The Kier molecular flexibility index (Phi) is 7.11. The minimum atomic E-state index is -3.44. The Morgan fingerprint density at radius 3 is 2.33 bits per heavy atom. The van der Waals surface area contributed by atoms with Crippen molar-refractivity contribution in [3.05, 3.63) is 78.4 Å². The largest absolute Gasteiger partial charge is 0.356 e. The lowest BCUT2D eigenvalue weighted by molar-refractivity contribution is -0.121. The molecule has 0 aliphatic carbocycles. The SMILES string of the molecule is C[C@H](CNC(=O)CCCN(c1ccc2ccccc2c1)S(C)(=O)=O)c1ccccc1. The molecule has 6 heteroatoms. The summed E-state index contributed by atoms with van der Waals surface area (Å²) in [6.45, 7) is 2.89. The molecule has 0 aromatic heterocycles. The number of fused-ring (bicyclic) bond motifs is 1. The van der Waals surface area contributed by atoms with E-state index in [9.17, 15) is 13.2 Å². The Bertz CT molecular complexity index is 1100. The fourth-order valence-corrected chi connectivity index (χ4v) is 4.41. The van der Waals surface area contributed by atoms with Crippen molar-refractivity contribution in [3.8, 4) is 0 Å². The summed E-state index contributed by atoms with van der Waals surface area (Å²) in [7, 11) is -3.44. The number of amides is 1. The van der Waals surface area contributed by atoms with Gasteiger partial charge in [-0.2, -0.15) is 0 Å². The monoisotopic (exact) mass is 424 g/mol. The third-order valence-electron chi connectivity index (χ3n) is 5.16. The molecule has 0 saturated heterocycles. The third kappa shape index (κ3) is 5.83. The molecule has 0 unspecified atom stereocenters. The Labute approximate surface area is 178 Å². The number of benzene rings is 3. The zero-order valence-electron chi connectivity index (χ0n) is 17.4. The average molecular weight is 425 g/mol. The van der Waals surface area contributed by atoms with Crippen LogP contribution in [0.2, 0.25) is 0 Å². The number of sulfonamides is 1. The maximum atomic E-state index is 12.3. The molecular weight excluding hydrogens is 396 g/mol. The van der Waals surface area contributed by atoms with E-state index in [1.54, 1.807) is 0 Å². The number of nitrogens with zero attached hydrogens (tertiary/aromatic N) is 1. The Balaban J connectivity index is 1.56. The fraction of sp³-hybridized carbons (Fsp3) is 0.292. The molecule has 0 radical (unpaired) electrons. The standard InChI is InChI=1S/C24H28N2O3S/c1-19(20-9-4-3-5-10-20)18-25-24(27)13-8-16-26(30(2,28)29)23-15-14-21-11-6-7-12-22(21)17-23/h3-7,9-12,14-15,17,19H,8,13,16,18H2,1-2H3,(H,25,27)/t19-/m1/s1. The molecule has 0 aliphatic heterocycles. The third-order valence-corrected chi connectivity index (χ3v) is 6.35. The second-order valence-corrected chi connectivity index (χ2v) is 9.49. The summed E-state index contributed by atoms with van der Waals surface area (Å²) in [6, 6.07) is 23.5. The van der Waals surface area contributed by atoms with Crippen molar-refractivity contribution < 1.29 is 13.2 Å². The van der Waals surface area contributed by atoms with Crippen molar-refractivity contribution in [3.63, 3.8) is 0 Å². The molecule has 3 aromatic rings. The van der Waals surface area contributed by atoms with Crippen LogP contribution in [0.4, 0.5) is 5.69 Å². The van der Waals surface area contributed by atoms with Crippen LogP contribution in [0, 0.1) is 0 Å². The molecule has 0 heterocycles. The van der Waals surface area contributed by atoms with E-state index in [0.29, 0.717) is 18.7 Å². The smallest absolute Gasteiger partial charge is 0.232 e. The predicted octanol–water partition coefficient (Wildman–Crippen LogP) is 4.31. The highest BCUT2D eigenvalue weighted by Gasteiger charge is 2.18. The van der Waals surface area contributed by atoms with E-state index in [2.05, 4.69) is 12.2 Å². The van der Waals surface area contributed by atoms with Gasteiger partial charge in [0.15, 0.2) is 0 Å². The first-order valence-corrected chi connectivity index (χ1v) is 12.0. The molecule has 1 N–H and O–H groups in total. The van der Waals surface area contributed by atoms with Crippen LogP contribution in [0.3, 0.4) is 0 Å². The minimum absolute atomic E-state index is 0.0651. The van der Waals surface area contributed by atoms with Crippen molar-refractivity contribution >= 4 is 32.4 Å². The number of hydrogen-bond acceptors (Lipinski definition) is 3. The first-order chi connectivity index (χ1) is 14.3. The van der Waals surface area contributed by atoms with Gasteiger partial charge in [-0.15, -0.1) is 0 Å². The Morgan fingerprint density at radius 2 is 1.63 bits per heavy atom. The van der Waals surface area contributed by atoms with Gasteiger partial charge in [0.1, 0.15) is 0 Å². The van der Waals surface area contributed by atoms with Crippen LogP contribution in [-0.4, -0.2) is 33.7 Å². The zero-order chi connectivity index (χ0) is 21.6. The summed E-state index contributed by atoms with van der Waals surface area (Å²) in [5.41, 5.74) is 1.80. The van der Waals surface area contributed by atoms with Gasteiger partial charge in [-0.05, 0) is 40.8 Å². The van der Waals surface area contributed by atoms with E-state index in [4.69, 9.17) is 0 Å². The van der Waals surface area contributed by atoms with E-state index in [1.807, 2.05) is 72.8 Å². The number of nitrogens with one attached hydrogen (secondary N) is 1. The van der Waals surface area contributed by atoms with E-state index in [-0.39, 0.29) is 24.8 Å². The molecule has 1 atom stereocenters. The normalized spacial score (nSPS) is 12.5. The van der Waals surface area contributed by atoms with Crippen LogP contribution in [0.5, 0.6) is 0 Å². The second-order valence-electron chi connectivity index (χ2n) is 7.59. The predicted molar refractivity (Wildman–Crippen MR) is 123 cm³/mol. The number of anilines is 1. The highest BCUT2D eigenvalue weighted by atomic mass is 32.2. The Morgan fingerprint density at radius 1 is 0.967 bits per heavy atom. The van der Waals surface area contributed by atoms with Gasteiger partial charge in [0.2, 0.25) is 15.9 Å². The average Bonchev–Trinajstić information content (AvgIpc) is 2.74.